The Kier molecular flexibility index (Phi) is 12.2. The fourth-order valence-electron chi connectivity index (χ4n) is 11.5. The maximum absolute atomic E-state index is 6.50. The highest BCUT2D eigenvalue weighted by Gasteiger charge is 2.24. The third kappa shape index (κ3) is 9.09. The van der Waals surface area contributed by atoms with Crippen molar-refractivity contribution in [1.82, 2.24) is 49.4 Å². The van der Waals surface area contributed by atoms with Crippen molar-refractivity contribution >= 4 is 43.7 Å². The van der Waals surface area contributed by atoms with Crippen molar-refractivity contribution < 1.29 is 4.42 Å². The van der Waals surface area contributed by atoms with Gasteiger partial charge in [-0.15, -0.1) is 0 Å². The van der Waals surface area contributed by atoms with Gasteiger partial charge >= 0.3 is 0 Å². The molecule has 11 heteroatoms. The van der Waals surface area contributed by atoms with Crippen LogP contribution in [0.2, 0.25) is 0 Å². The summed E-state index contributed by atoms with van der Waals surface area (Å²) in [5.74, 6) is 4.88. The maximum Gasteiger partial charge on any atom is 0.166 e. The Hall–Kier alpha value is -12.0. The van der Waals surface area contributed by atoms with Gasteiger partial charge in [-0.3, -0.25) is 0 Å². The standard InChI is InChI=1S/C75H46N10O/c1-7-22-47(23-8-1)67-76-68(48-24-9-2-10-25-48)80-73(79-67)54-38-41-57-58-42-39-55(74-81-69(49-26-11-3-12-27-49)77-70(82-74)50-28-13-4-14-29-50)46-63(58)85(62(57)45-54)61-43-40-53(56-35-21-37-65-66(56)59-34-19-20-36-64(59)86-65)44-60(61)75-83-71(51-30-15-5-16-31-51)78-72(84-75)52-32-17-6-18-33-52/h1-46H. The molecule has 0 atom stereocenters. The second kappa shape index (κ2) is 21.1. The van der Waals surface area contributed by atoms with Gasteiger partial charge in [-0.05, 0) is 47.5 Å². The van der Waals surface area contributed by atoms with Gasteiger partial charge < -0.3 is 8.98 Å². The minimum absolute atomic E-state index is 0.482. The van der Waals surface area contributed by atoms with E-state index in [-0.39, 0.29) is 0 Å². The fraction of sp³-hybridized carbons (Fsp3) is 0. The first-order chi connectivity index (χ1) is 42.6. The molecule has 5 aromatic heterocycles. The van der Waals surface area contributed by atoms with Crippen molar-refractivity contribution in [3.05, 3.63) is 279 Å². The summed E-state index contributed by atoms with van der Waals surface area (Å²) >= 11 is 0. The molecule has 0 saturated carbocycles. The van der Waals surface area contributed by atoms with Crippen molar-refractivity contribution in [3.63, 3.8) is 0 Å². The molecule has 0 fully saturated rings. The lowest BCUT2D eigenvalue weighted by Gasteiger charge is -2.17. The van der Waals surface area contributed by atoms with Crippen LogP contribution in [0.4, 0.5) is 0 Å². The molecule has 16 rings (SSSR count). The van der Waals surface area contributed by atoms with Crippen LogP contribution >= 0.6 is 0 Å². The largest absolute Gasteiger partial charge is 0.456 e. The number of benzene rings is 11. The van der Waals surface area contributed by atoms with E-state index in [0.29, 0.717) is 52.4 Å². The zero-order valence-electron chi connectivity index (χ0n) is 45.9. The van der Waals surface area contributed by atoms with Crippen molar-refractivity contribution in [1.29, 1.82) is 0 Å². The van der Waals surface area contributed by atoms with Crippen molar-refractivity contribution in [2.45, 2.75) is 0 Å². The number of para-hydroxylation sites is 1. The summed E-state index contributed by atoms with van der Waals surface area (Å²) < 4.78 is 8.81. The van der Waals surface area contributed by atoms with Gasteiger partial charge in [0.25, 0.3) is 0 Å². The van der Waals surface area contributed by atoms with Gasteiger partial charge in [0, 0.05) is 71.6 Å². The summed E-state index contributed by atoms with van der Waals surface area (Å²) in [6, 6.07) is 94.3. The van der Waals surface area contributed by atoms with Crippen molar-refractivity contribution in [3.8, 4) is 119 Å². The molecule has 0 aliphatic rings. The molecule has 0 saturated heterocycles. The van der Waals surface area contributed by atoms with Gasteiger partial charge in [-0.25, -0.2) is 44.9 Å². The molecule has 0 bridgehead atoms. The van der Waals surface area contributed by atoms with E-state index >= 15 is 0 Å². The summed E-state index contributed by atoms with van der Waals surface area (Å²) in [5.41, 5.74) is 13.7. The molecule has 402 valence electrons. The molecule has 0 N–H and O–H groups in total. The number of rotatable bonds is 11. The summed E-state index contributed by atoms with van der Waals surface area (Å²) in [4.78, 5) is 47.0. The van der Waals surface area contributed by atoms with E-state index in [4.69, 9.17) is 49.3 Å². The molecule has 0 aliphatic heterocycles. The molecule has 0 amide bonds. The number of hydrogen-bond donors (Lipinski definition) is 0. The number of nitrogens with zero attached hydrogens (tertiary/aromatic N) is 10. The van der Waals surface area contributed by atoms with E-state index in [1.165, 1.54) is 0 Å². The Morgan fingerprint density at radius 3 is 0.965 bits per heavy atom. The summed E-state index contributed by atoms with van der Waals surface area (Å²) in [7, 11) is 0. The number of furan rings is 1. The molecular formula is C75H46N10O. The van der Waals surface area contributed by atoms with Gasteiger partial charge in [0.15, 0.2) is 52.4 Å². The molecule has 0 spiro atoms. The summed E-state index contributed by atoms with van der Waals surface area (Å²) in [6.45, 7) is 0. The Bertz CT molecular complexity index is 4860. The number of aromatic nitrogens is 10. The Morgan fingerprint density at radius 1 is 0.221 bits per heavy atom. The lowest BCUT2D eigenvalue weighted by atomic mass is 9.96. The molecule has 0 unspecified atom stereocenters. The highest BCUT2D eigenvalue weighted by atomic mass is 16.3. The Labute approximate surface area is 493 Å². The second-order valence-electron chi connectivity index (χ2n) is 20.9. The monoisotopic (exact) mass is 1100 g/mol. The zero-order chi connectivity index (χ0) is 56.9. The van der Waals surface area contributed by atoms with E-state index < -0.39 is 0 Å². The van der Waals surface area contributed by atoms with Gasteiger partial charge in [0.2, 0.25) is 0 Å². The molecule has 86 heavy (non-hydrogen) atoms. The number of hydrogen-bond acceptors (Lipinski definition) is 10. The second-order valence-corrected chi connectivity index (χ2v) is 20.9. The van der Waals surface area contributed by atoms with Crippen LogP contribution in [0.25, 0.3) is 163 Å². The summed E-state index contributed by atoms with van der Waals surface area (Å²) in [6.07, 6.45) is 0. The predicted molar refractivity (Wildman–Crippen MR) is 343 cm³/mol. The van der Waals surface area contributed by atoms with Crippen LogP contribution in [0.3, 0.4) is 0 Å². The molecular weight excluding hydrogens is 1060 g/mol. The fourth-order valence-corrected chi connectivity index (χ4v) is 11.5. The molecule has 5 heterocycles. The lowest BCUT2D eigenvalue weighted by Crippen LogP contribution is -2.04. The third-order valence-corrected chi connectivity index (χ3v) is 15.6. The number of fused-ring (bicyclic) bond motifs is 6. The quantitative estimate of drug-likeness (QED) is 0.123. The average molecular weight is 1100 g/mol. The van der Waals surface area contributed by atoms with E-state index in [9.17, 15) is 0 Å². The first kappa shape index (κ1) is 49.8. The van der Waals surface area contributed by atoms with Crippen LogP contribution in [0.5, 0.6) is 0 Å². The van der Waals surface area contributed by atoms with E-state index in [1.807, 2.05) is 200 Å². The van der Waals surface area contributed by atoms with Crippen LogP contribution in [0.15, 0.2) is 283 Å². The van der Waals surface area contributed by atoms with Gasteiger partial charge in [-0.2, -0.15) is 0 Å². The van der Waals surface area contributed by atoms with E-state index in [2.05, 4.69) is 83.4 Å². The van der Waals surface area contributed by atoms with Gasteiger partial charge in [-0.1, -0.05) is 243 Å². The Balaban J connectivity index is 0.999. The highest BCUT2D eigenvalue weighted by Crippen LogP contribution is 2.43. The van der Waals surface area contributed by atoms with Gasteiger partial charge in [0.1, 0.15) is 11.2 Å². The SMILES string of the molecule is c1ccc(-c2nc(-c3ccccc3)nc(-c3ccc4c5ccc(-c6nc(-c7ccccc7)nc(-c7ccccc7)n6)cc5n(-c5ccc(-c6cccc7oc8ccccc8c67)cc5-c5nc(-c6ccccc6)nc(-c6ccccc6)n5)c4c3)n2)cc1. The predicted octanol–water partition coefficient (Wildman–Crippen LogP) is 17.9. The first-order valence-corrected chi connectivity index (χ1v) is 28.4. The topological polar surface area (TPSA) is 134 Å². The molecule has 11 nitrogen and oxygen atoms in total. The first-order valence-electron chi connectivity index (χ1n) is 28.4. The van der Waals surface area contributed by atoms with Crippen LogP contribution in [-0.4, -0.2) is 49.4 Å². The van der Waals surface area contributed by atoms with Crippen LogP contribution < -0.4 is 0 Å². The van der Waals surface area contributed by atoms with Crippen molar-refractivity contribution in [2.75, 3.05) is 0 Å². The molecule has 11 aromatic carbocycles. The maximum atomic E-state index is 6.50. The van der Waals surface area contributed by atoms with Crippen LogP contribution in [0, 0.1) is 0 Å². The van der Waals surface area contributed by atoms with E-state index in [1.54, 1.807) is 0 Å². The minimum atomic E-state index is 0.482. The normalized spacial score (nSPS) is 11.5. The smallest absolute Gasteiger partial charge is 0.166 e. The zero-order valence-corrected chi connectivity index (χ0v) is 45.9. The summed E-state index contributed by atoms with van der Waals surface area (Å²) in [5, 5.41) is 4.04. The van der Waals surface area contributed by atoms with Gasteiger partial charge in [0.05, 0.1) is 16.7 Å². The lowest BCUT2D eigenvalue weighted by molar-refractivity contribution is 0.669. The van der Waals surface area contributed by atoms with E-state index in [0.717, 1.165) is 111 Å². The minimum Gasteiger partial charge on any atom is -0.456 e. The van der Waals surface area contributed by atoms with Crippen LogP contribution in [-0.2, 0) is 0 Å². The molecule has 16 aromatic rings. The van der Waals surface area contributed by atoms with Crippen molar-refractivity contribution in [2.24, 2.45) is 0 Å². The average Bonchev–Trinajstić information content (AvgIpc) is 1.85. The van der Waals surface area contributed by atoms with Crippen LogP contribution in [0.1, 0.15) is 0 Å². The highest BCUT2D eigenvalue weighted by molar-refractivity contribution is 6.14. The molecule has 0 aliphatic carbocycles. The Morgan fingerprint density at radius 2 is 0.558 bits per heavy atom. The third-order valence-electron chi connectivity index (χ3n) is 15.6. The molecule has 0 radical (unpaired) electrons.